The molecule has 0 saturated carbocycles. The largest absolute Gasteiger partial charge is 0.508 e. The predicted octanol–water partition coefficient (Wildman–Crippen LogP) is 4.83. The molecule has 2 N–H and O–H groups in total. The Balaban J connectivity index is 1.73. The van der Waals surface area contributed by atoms with Crippen LogP contribution in [0.4, 0.5) is 8.78 Å². The van der Waals surface area contributed by atoms with E-state index in [1.165, 1.54) is 30.3 Å². The Morgan fingerprint density at radius 1 is 1.21 bits per heavy atom. The third-order valence-electron chi connectivity index (χ3n) is 4.83. The van der Waals surface area contributed by atoms with Gasteiger partial charge in [0.25, 0.3) is 5.91 Å². The molecule has 7 heteroatoms. The average molecular weight is 396 g/mol. The number of carbonyl (C=O) groups is 1. The van der Waals surface area contributed by atoms with Crippen LogP contribution in [0.25, 0.3) is 10.9 Å². The second-order valence-electron chi connectivity index (χ2n) is 6.72. The van der Waals surface area contributed by atoms with Crippen molar-refractivity contribution in [2.24, 2.45) is 0 Å². The SMILES string of the molecule is Cc1c(C(=O)NC(F)c2cccc(F)c2)c2cc(O)ccc2n1Cc1ccco1. The number of nitrogens with zero attached hydrogens (tertiary/aromatic N) is 1. The summed E-state index contributed by atoms with van der Waals surface area (Å²) in [7, 11) is 0. The van der Waals surface area contributed by atoms with Crippen LogP contribution >= 0.6 is 0 Å². The zero-order valence-corrected chi connectivity index (χ0v) is 15.5. The van der Waals surface area contributed by atoms with Gasteiger partial charge in [-0.2, -0.15) is 0 Å². The first kappa shape index (κ1) is 18.7. The van der Waals surface area contributed by atoms with Gasteiger partial charge in [-0.05, 0) is 49.4 Å². The molecule has 2 aromatic carbocycles. The van der Waals surface area contributed by atoms with Gasteiger partial charge >= 0.3 is 0 Å². The topological polar surface area (TPSA) is 67.4 Å². The minimum atomic E-state index is -1.88. The first-order valence-corrected chi connectivity index (χ1v) is 8.98. The maximum Gasteiger partial charge on any atom is 0.256 e. The van der Waals surface area contributed by atoms with Crippen molar-refractivity contribution in [3.63, 3.8) is 0 Å². The molecule has 0 aliphatic carbocycles. The van der Waals surface area contributed by atoms with E-state index in [9.17, 15) is 18.7 Å². The third kappa shape index (κ3) is 3.59. The van der Waals surface area contributed by atoms with Crippen molar-refractivity contribution < 1.29 is 23.1 Å². The molecule has 4 rings (SSSR count). The van der Waals surface area contributed by atoms with E-state index in [-0.39, 0.29) is 16.9 Å². The number of aromatic hydroxyl groups is 1. The number of halogens is 2. The highest BCUT2D eigenvalue weighted by Crippen LogP contribution is 2.30. The number of alkyl halides is 1. The van der Waals surface area contributed by atoms with Gasteiger partial charge in [-0.25, -0.2) is 8.78 Å². The Morgan fingerprint density at radius 2 is 2.03 bits per heavy atom. The molecule has 0 bridgehead atoms. The molecule has 0 aliphatic heterocycles. The quantitative estimate of drug-likeness (QED) is 0.475. The van der Waals surface area contributed by atoms with Crippen LogP contribution in [-0.4, -0.2) is 15.6 Å². The van der Waals surface area contributed by atoms with E-state index in [1.807, 2.05) is 10.6 Å². The second kappa shape index (κ2) is 7.43. The van der Waals surface area contributed by atoms with Crippen molar-refractivity contribution >= 4 is 16.8 Å². The number of hydrogen-bond acceptors (Lipinski definition) is 3. The fourth-order valence-corrected chi connectivity index (χ4v) is 3.45. The highest BCUT2D eigenvalue weighted by Gasteiger charge is 2.23. The first-order chi connectivity index (χ1) is 13.9. The number of benzene rings is 2. The number of fused-ring (bicyclic) bond motifs is 1. The number of carbonyl (C=O) groups excluding carboxylic acids is 1. The lowest BCUT2D eigenvalue weighted by atomic mass is 10.1. The van der Waals surface area contributed by atoms with Gasteiger partial charge in [-0.3, -0.25) is 4.79 Å². The summed E-state index contributed by atoms with van der Waals surface area (Å²) in [5.41, 5.74) is 1.54. The molecule has 0 aliphatic rings. The summed E-state index contributed by atoms with van der Waals surface area (Å²) < 4.78 is 35.2. The van der Waals surface area contributed by atoms with E-state index in [1.54, 1.807) is 25.3 Å². The molecule has 148 valence electrons. The number of phenolic OH excluding ortho intramolecular Hbond substituents is 1. The van der Waals surface area contributed by atoms with Crippen LogP contribution in [0.2, 0.25) is 0 Å². The number of rotatable bonds is 5. The summed E-state index contributed by atoms with van der Waals surface area (Å²) in [5.74, 6) is -0.569. The highest BCUT2D eigenvalue weighted by molar-refractivity contribution is 6.08. The molecule has 1 unspecified atom stereocenters. The van der Waals surface area contributed by atoms with E-state index in [0.717, 1.165) is 6.07 Å². The maximum absolute atomic E-state index is 14.6. The number of nitrogens with one attached hydrogen (secondary N) is 1. The molecule has 2 heterocycles. The number of hydrogen-bond donors (Lipinski definition) is 2. The summed E-state index contributed by atoms with van der Waals surface area (Å²) in [5, 5.41) is 12.7. The van der Waals surface area contributed by atoms with Gasteiger partial charge in [0.2, 0.25) is 0 Å². The summed E-state index contributed by atoms with van der Waals surface area (Å²) in [6, 6.07) is 13.3. The molecule has 0 spiro atoms. The fourth-order valence-electron chi connectivity index (χ4n) is 3.45. The Hall–Kier alpha value is -3.61. The highest BCUT2D eigenvalue weighted by atomic mass is 19.1. The molecule has 0 radical (unpaired) electrons. The molecule has 1 amide bonds. The Bertz CT molecular complexity index is 1180. The van der Waals surface area contributed by atoms with E-state index in [0.29, 0.717) is 28.9 Å². The Morgan fingerprint density at radius 3 is 2.76 bits per heavy atom. The van der Waals surface area contributed by atoms with Crippen molar-refractivity contribution in [1.29, 1.82) is 0 Å². The molecular formula is C22H18F2N2O3. The van der Waals surface area contributed by atoms with Crippen LogP contribution in [0, 0.1) is 12.7 Å². The summed E-state index contributed by atoms with van der Waals surface area (Å²) >= 11 is 0. The summed E-state index contributed by atoms with van der Waals surface area (Å²) in [4.78, 5) is 12.9. The van der Waals surface area contributed by atoms with Gasteiger partial charge in [-0.1, -0.05) is 12.1 Å². The molecule has 5 nitrogen and oxygen atoms in total. The standard InChI is InChI=1S/C22H18F2N2O3/c1-13-20(22(28)25-21(24)14-4-2-5-15(23)10-14)18-11-16(27)7-8-19(18)26(13)12-17-6-3-9-29-17/h2-11,21,27H,12H2,1H3,(H,25,28). The first-order valence-electron chi connectivity index (χ1n) is 8.98. The van der Waals surface area contributed by atoms with Crippen molar-refractivity contribution in [3.05, 3.63) is 89.3 Å². The monoisotopic (exact) mass is 396 g/mol. The fraction of sp³-hybridized carbons (Fsp3) is 0.136. The Kier molecular flexibility index (Phi) is 4.80. The lowest BCUT2D eigenvalue weighted by molar-refractivity contribution is 0.0894. The van der Waals surface area contributed by atoms with Crippen molar-refractivity contribution in [1.82, 2.24) is 9.88 Å². The van der Waals surface area contributed by atoms with Gasteiger partial charge < -0.3 is 19.4 Å². The molecule has 1 atom stereocenters. The number of phenols is 1. The normalized spacial score (nSPS) is 12.2. The van der Waals surface area contributed by atoms with Crippen LogP contribution in [0.1, 0.15) is 33.7 Å². The van der Waals surface area contributed by atoms with Crippen molar-refractivity contribution in [3.8, 4) is 5.75 Å². The molecule has 29 heavy (non-hydrogen) atoms. The minimum absolute atomic E-state index is 0.0105. The average Bonchev–Trinajstić information content (AvgIpc) is 3.28. The smallest absolute Gasteiger partial charge is 0.256 e. The second-order valence-corrected chi connectivity index (χ2v) is 6.72. The van der Waals surface area contributed by atoms with Crippen LogP contribution < -0.4 is 5.32 Å². The molecule has 4 aromatic rings. The van der Waals surface area contributed by atoms with Gasteiger partial charge in [0, 0.05) is 22.2 Å². The lowest BCUT2D eigenvalue weighted by Gasteiger charge is -2.12. The molecular weight excluding hydrogens is 378 g/mol. The van der Waals surface area contributed by atoms with Crippen molar-refractivity contribution in [2.75, 3.05) is 0 Å². The Labute approximate surface area is 165 Å². The molecule has 2 aromatic heterocycles. The summed E-state index contributed by atoms with van der Waals surface area (Å²) in [6.07, 6.45) is -0.318. The third-order valence-corrected chi connectivity index (χ3v) is 4.83. The number of amides is 1. The predicted molar refractivity (Wildman–Crippen MR) is 104 cm³/mol. The van der Waals surface area contributed by atoms with E-state index in [4.69, 9.17) is 4.42 Å². The van der Waals surface area contributed by atoms with Gasteiger partial charge in [-0.15, -0.1) is 0 Å². The lowest BCUT2D eigenvalue weighted by Crippen LogP contribution is -2.26. The number of aromatic nitrogens is 1. The minimum Gasteiger partial charge on any atom is -0.508 e. The van der Waals surface area contributed by atoms with Crippen LogP contribution in [0.3, 0.4) is 0 Å². The van der Waals surface area contributed by atoms with E-state index in [2.05, 4.69) is 5.32 Å². The zero-order chi connectivity index (χ0) is 20.5. The van der Waals surface area contributed by atoms with Crippen molar-refractivity contribution in [2.45, 2.75) is 19.8 Å². The van der Waals surface area contributed by atoms with Crippen LogP contribution in [0.15, 0.2) is 65.3 Å². The summed E-state index contributed by atoms with van der Waals surface area (Å²) in [6.45, 7) is 2.11. The molecule has 0 fully saturated rings. The van der Waals surface area contributed by atoms with E-state index >= 15 is 0 Å². The van der Waals surface area contributed by atoms with Crippen LogP contribution in [0.5, 0.6) is 5.75 Å². The van der Waals surface area contributed by atoms with Gasteiger partial charge in [0.05, 0.1) is 18.4 Å². The van der Waals surface area contributed by atoms with Gasteiger partial charge in [0.1, 0.15) is 17.3 Å². The number of furan rings is 1. The zero-order valence-electron chi connectivity index (χ0n) is 15.5. The van der Waals surface area contributed by atoms with Gasteiger partial charge in [0.15, 0.2) is 6.30 Å². The van der Waals surface area contributed by atoms with E-state index < -0.39 is 18.0 Å². The van der Waals surface area contributed by atoms with Crippen LogP contribution in [-0.2, 0) is 6.54 Å². The molecule has 0 saturated heterocycles. The maximum atomic E-state index is 14.6.